The summed E-state index contributed by atoms with van der Waals surface area (Å²) in [6, 6.07) is 6.48. The van der Waals surface area contributed by atoms with Gasteiger partial charge in [0.25, 0.3) is 5.91 Å². The molecule has 0 aliphatic carbocycles. The Morgan fingerprint density at radius 2 is 1.82 bits per heavy atom. The van der Waals surface area contributed by atoms with Crippen molar-refractivity contribution in [3.8, 4) is 0 Å². The van der Waals surface area contributed by atoms with Crippen LogP contribution in [0, 0.1) is 0 Å². The third kappa shape index (κ3) is 5.72. The molecule has 0 heterocycles. The van der Waals surface area contributed by atoms with Gasteiger partial charge in [-0.05, 0) is 41.0 Å². The molecule has 1 aromatic rings. The van der Waals surface area contributed by atoms with E-state index < -0.39 is 12.0 Å². The topological polar surface area (TPSA) is 66.4 Å². The number of nitrogens with one attached hydrogen (secondary N) is 1. The molecule has 0 radical (unpaired) electrons. The molecule has 0 aliphatic rings. The smallest absolute Gasteiger partial charge is 0.326 e. The Bertz CT molecular complexity index is 506. The first-order valence-electron chi connectivity index (χ1n) is 7.47. The number of rotatable bonds is 7. The Morgan fingerprint density at radius 1 is 1.23 bits per heavy atom. The fraction of sp³-hybridized carbons (Fsp3) is 0.529. The third-order valence-corrected chi connectivity index (χ3v) is 4.30. The van der Waals surface area contributed by atoms with Gasteiger partial charge in [-0.15, -0.1) is 0 Å². The number of amides is 1. The van der Waals surface area contributed by atoms with Crippen LogP contribution in [-0.2, 0) is 10.2 Å². The summed E-state index contributed by atoms with van der Waals surface area (Å²) in [7, 11) is 0. The second kappa shape index (κ2) is 8.22. The Kier molecular flexibility index (Phi) is 6.94. The van der Waals surface area contributed by atoms with E-state index in [9.17, 15) is 14.7 Å². The molecule has 0 saturated carbocycles. The molecule has 1 amide bonds. The standard InChI is InChI=1S/C17H25NO3S/c1-5-22-11-10-14(16(20)21)18-15(19)12-6-8-13(9-7-12)17(2,3)4/h6-9,14H,5,10-11H2,1-4H3,(H,18,19)(H,20,21). The lowest BCUT2D eigenvalue weighted by Gasteiger charge is -2.19. The summed E-state index contributed by atoms with van der Waals surface area (Å²) in [5.74, 6) is 0.330. The van der Waals surface area contributed by atoms with E-state index >= 15 is 0 Å². The number of aliphatic carboxylic acids is 1. The quantitative estimate of drug-likeness (QED) is 0.756. The van der Waals surface area contributed by atoms with E-state index in [0.29, 0.717) is 12.0 Å². The van der Waals surface area contributed by atoms with Crippen LogP contribution in [0.1, 0.15) is 50.0 Å². The SMILES string of the molecule is CCSCCC(NC(=O)c1ccc(C(C)(C)C)cc1)C(=O)O. The van der Waals surface area contributed by atoms with E-state index in [1.165, 1.54) is 0 Å². The van der Waals surface area contributed by atoms with Crippen LogP contribution in [0.5, 0.6) is 0 Å². The molecule has 4 nitrogen and oxygen atoms in total. The van der Waals surface area contributed by atoms with Crippen LogP contribution in [-0.4, -0.2) is 34.5 Å². The van der Waals surface area contributed by atoms with E-state index in [1.54, 1.807) is 23.9 Å². The van der Waals surface area contributed by atoms with Gasteiger partial charge in [0.1, 0.15) is 6.04 Å². The molecule has 2 N–H and O–H groups in total. The van der Waals surface area contributed by atoms with E-state index in [0.717, 1.165) is 17.1 Å². The maximum Gasteiger partial charge on any atom is 0.326 e. The summed E-state index contributed by atoms with van der Waals surface area (Å²) >= 11 is 1.67. The predicted octanol–water partition coefficient (Wildman–Crippen LogP) is 3.31. The van der Waals surface area contributed by atoms with Crippen LogP contribution in [0.25, 0.3) is 0 Å². The molecular weight excluding hydrogens is 298 g/mol. The lowest BCUT2D eigenvalue weighted by Crippen LogP contribution is -2.41. The van der Waals surface area contributed by atoms with Crippen molar-refractivity contribution in [2.75, 3.05) is 11.5 Å². The molecule has 122 valence electrons. The van der Waals surface area contributed by atoms with Crippen molar-refractivity contribution in [3.63, 3.8) is 0 Å². The molecule has 1 atom stereocenters. The molecule has 0 fully saturated rings. The lowest BCUT2D eigenvalue weighted by molar-refractivity contribution is -0.139. The highest BCUT2D eigenvalue weighted by Crippen LogP contribution is 2.22. The highest BCUT2D eigenvalue weighted by Gasteiger charge is 2.21. The lowest BCUT2D eigenvalue weighted by atomic mass is 9.86. The van der Waals surface area contributed by atoms with Gasteiger partial charge in [-0.2, -0.15) is 11.8 Å². The monoisotopic (exact) mass is 323 g/mol. The van der Waals surface area contributed by atoms with E-state index in [-0.39, 0.29) is 11.3 Å². The van der Waals surface area contributed by atoms with Gasteiger partial charge in [0.2, 0.25) is 0 Å². The van der Waals surface area contributed by atoms with Gasteiger partial charge < -0.3 is 10.4 Å². The van der Waals surface area contributed by atoms with Crippen LogP contribution < -0.4 is 5.32 Å². The maximum absolute atomic E-state index is 12.2. The fourth-order valence-corrected chi connectivity index (χ4v) is 2.66. The maximum atomic E-state index is 12.2. The van der Waals surface area contributed by atoms with Crippen molar-refractivity contribution in [1.82, 2.24) is 5.32 Å². The zero-order chi connectivity index (χ0) is 16.8. The molecule has 22 heavy (non-hydrogen) atoms. The normalized spacial score (nSPS) is 12.7. The number of carboxylic acid groups (broad SMARTS) is 1. The third-order valence-electron chi connectivity index (χ3n) is 3.37. The number of hydrogen-bond donors (Lipinski definition) is 2. The second-order valence-corrected chi connectivity index (χ2v) is 7.57. The predicted molar refractivity (Wildman–Crippen MR) is 91.6 cm³/mol. The largest absolute Gasteiger partial charge is 0.480 e. The summed E-state index contributed by atoms with van der Waals surface area (Å²) in [6.07, 6.45) is 0.430. The number of carbonyl (C=O) groups excluding carboxylic acids is 1. The van der Waals surface area contributed by atoms with Gasteiger partial charge in [-0.25, -0.2) is 4.79 Å². The zero-order valence-electron chi connectivity index (χ0n) is 13.7. The minimum atomic E-state index is -0.989. The Balaban J connectivity index is 2.71. The summed E-state index contributed by atoms with van der Waals surface area (Å²) in [4.78, 5) is 23.4. The molecule has 5 heteroatoms. The van der Waals surface area contributed by atoms with Gasteiger partial charge in [0.15, 0.2) is 0 Å². The minimum absolute atomic E-state index is 0.0238. The summed E-state index contributed by atoms with van der Waals surface area (Å²) in [6.45, 7) is 8.34. The Morgan fingerprint density at radius 3 is 2.27 bits per heavy atom. The first-order chi connectivity index (χ1) is 10.3. The number of carboxylic acids is 1. The van der Waals surface area contributed by atoms with Gasteiger partial charge in [-0.1, -0.05) is 39.8 Å². The van der Waals surface area contributed by atoms with Crippen LogP contribution in [0.15, 0.2) is 24.3 Å². The molecule has 0 aliphatic heterocycles. The van der Waals surface area contributed by atoms with Crippen molar-refractivity contribution in [3.05, 3.63) is 35.4 Å². The average molecular weight is 323 g/mol. The van der Waals surface area contributed by atoms with Crippen molar-refractivity contribution in [1.29, 1.82) is 0 Å². The highest BCUT2D eigenvalue weighted by molar-refractivity contribution is 7.99. The highest BCUT2D eigenvalue weighted by atomic mass is 32.2. The van der Waals surface area contributed by atoms with Crippen molar-refractivity contribution < 1.29 is 14.7 Å². The molecular formula is C17H25NO3S. The minimum Gasteiger partial charge on any atom is -0.480 e. The molecule has 1 rings (SSSR count). The fourth-order valence-electron chi connectivity index (χ4n) is 1.97. The molecule has 0 saturated heterocycles. The van der Waals surface area contributed by atoms with Crippen LogP contribution in [0.4, 0.5) is 0 Å². The van der Waals surface area contributed by atoms with Crippen LogP contribution in [0.2, 0.25) is 0 Å². The molecule has 1 unspecified atom stereocenters. The van der Waals surface area contributed by atoms with Gasteiger partial charge >= 0.3 is 5.97 Å². The van der Waals surface area contributed by atoms with Crippen molar-refractivity contribution >= 4 is 23.6 Å². The Hall–Kier alpha value is -1.49. The van der Waals surface area contributed by atoms with E-state index in [1.807, 2.05) is 19.1 Å². The van der Waals surface area contributed by atoms with Crippen LogP contribution in [0.3, 0.4) is 0 Å². The van der Waals surface area contributed by atoms with E-state index in [2.05, 4.69) is 26.1 Å². The van der Waals surface area contributed by atoms with Crippen molar-refractivity contribution in [2.45, 2.75) is 45.6 Å². The summed E-state index contributed by atoms with van der Waals surface area (Å²) in [5, 5.41) is 11.8. The van der Waals surface area contributed by atoms with Crippen molar-refractivity contribution in [2.24, 2.45) is 0 Å². The second-order valence-electron chi connectivity index (χ2n) is 6.18. The Labute approximate surface area is 136 Å². The first-order valence-corrected chi connectivity index (χ1v) is 8.63. The number of thioether (sulfide) groups is 1. The summed E-state index contributed by atoms with van der Waals surface area (Å²) < 4.78 is 0. The molecule has 1 aromatic carbocycles. The van der Waals surface area contributed by atoms with E-state index in [4.69, 9.17) is 0 Å². The number of hydrogen-bond acceptors (Lipinski definition) is 3. The molecule has 0 bridgehead atoms. The zero-order valence-corrected chi connectivity index (χ0v) is 14.5. The average Bonchev–Trinajstić information content (AvgIpc) is 2.45. The van der Waals surface area contributed by atoms with Crippen LogP contribution >= 0.6 is 11.8 Å². The van der Waals surface area contributed by atoms with Gasteiger partial charge in [0.05, 0.1) is 0 Å². The number of carbonyl (C=O) groups is 2. The van der Waals surface area contributed by atoms with Gasteiger partial charge in [-0.3, -0.25) is 4.79 Å². The molecule has 0 aromatic heterocycles. The van der Waals surface area contributed by atoms with Gasteiger partial charge in [0, 0.05) is 5.56 Å². The number of benzene rings is 1. The summed E-state index contributed by atoms with van der Waals surface area (Å²) in [5.41, 5.74) is 1.65. The first kappa shape index (κ1) is 18.6. The molecule has 0 spiro atoms.